The van der Waals surface area contributed by atoms with Crippen LogP contribution in [0.4, 0.5) is 0 Å². The first-order chi connectivity index (χ1) is 10.5. The molecule has 0 fully saturated rings. The van der Waals surface area contributed by atoms with Gasteiger partial charge in [-0.25, -0.2) is 0 Å². The monoisotopic (exact) mass is 316 g/mol. The zero-order valence-corrected chi connectivity index (χ0v) is 13.6. The van der Waals surface area contributed by atoms with Crippen LogP contribution in [0.2, 0.25) is 0 Å². The minimum Gasteiger partial charge on any atom is -0.497 e. The Kier molecular flexibility index (Phi) is 3.58. The van der Waals surface area contributed by atoms with E-state index in [2.05, 4.69) is 10.1 Å². The summed E-state index contributed by atoms with van der Waals surface area (Å²) in [7, 11) is 5.31. The van der Waals surface area contributed by atoms with E-state index < -0.39 is 0 Å². The maximum absolute atomic E-state index is 12.3. The molecule has 2 aromatic heterocycles. The molecule has 7 heteroatoms. The van der Waals surface area contributed by atoms with E-state index in [0.29, 0.717) is 10.5 Å². The van der Waals surface area contributed by atoms with Crippen LogP contribution >= 0.6 is 11.3 Å². The molecule has 0 N–H and O–H groups in total. The third-order valence-corrected chi connectivity index (χ3v) is 4.52. The zero-order chi connectivity index (χ0) is 15.9. The van der Waals surface area contributed by atoms with E-state index >= 15 is 0 Å². The third-order valence-electron chi connectivity index (χ3n) is 3.43. The summed E-state index contributed by atoms with van der Waals surface area (Å²) in [5, 5.41) is 4.17. The van der Waals surface area contributed by atoms with Crippen LogP contribution in [0, 0.1) is 6.92 Å². The second-order valence-corrected chi connectivity index (χ2v) is 6.04. The minimum absolute atomic E-state index is 0.327. The Morgan fingerprint density at radius 3 is 2.77 bits per heavy atom. The third kappa shape index (κ3) is 2.43. The lowest BCUT2D eigenvalue weighted by atomic mass is 10.3. The van der Waals surface area contributed by atoms with Crippen molar-refractivity contribution in [2.75, 3.05) is 7.11 Å². The Labute approximate surface area is 131 Å². The van der Waals surface area contributed by atoms with Crippen LogP contribution in [0.25, 0.3) is 10.2 Å². The molecule has 1 aromatic carbocycles. The van der Waals surface area contributed by atoms with Crippen LogP contribution in [-0.4, -0.2) is 27.4 Å². The number of ether oxygens (including phenoxy) is 1. The summed E-state index contributed by atoms with van der Waals surface area (Å²) in [6.07, 6.45) is 1.80. The molecule has 2 heterocycles. The fourth-order valence-electron chi connectivity index (χ4n) is 2.31. The first-order valence-electron chi connectivity index (χ1n) is 6.72. The average molecular weight is 316 g/mol. The van der Waals surface area contributed by atoms with Crippen molar-refractivity contribution in [3.8, 4) is 5.75 Å². The van der Waals surface area contributed by atoms with Crippen molar-refractivity contribution in [1.29, 1.82) is 0 Å². The summed E-state index contributed by atoms with van der Waals surface area (Å²) < 4.78 is 9.76. The van der Waals surface area contributed by atoms with Crippen LogP contribution < -0.4 is 9.54 Å². The highest BCUT2D eigenvalue weighted by Gasteiger charge is 2.13. The molecule has 3 aromatic rings. The van der Waals surface area contributed by atoms with E-state index in [-0.39, 0.29) is 5.91 Å². The molecule has 0 atom stereocenters. The van der Waals surface area contributed by atoms with Gasteiger partial charge in [0.2, 0.25) is 0 Å². The maximum Gasteiger partial charge on any atom is 0.300 e. The van der Waals surface area contributed by atoms with Crippen molar-refractivity contribution in [3.63, 3.8) is 0 Å². The topological polar surface area (TPSA) is 61.4 Å². The normalized spacial score (nSPS) is 12.1. The number of hydrogen-bond acceptors (Lipinski definition) is 4. The number of methoxy groups -OCH3 is 1. The van der Waals surface area contributed by atoms with Gasteiger partial charge in [-0.15, -0.1) is 0 Å². The highest BCUT2D eigenvalue weighted by Crippen LogP contribution is 2.22. The fraction of sp³-hybridized carbons (Fsp3) is 0.267. The molecule has 22 heavy (non-hydrogen) atoms. The SMILES string of the molecule is COc1ccc2c(c1)sc(=NC(=O)c1nn(C)cc1C)n2C. The van der Waals surface area contributed by atoms with Crippen LogP contribution in [0.3, 0.4) is 0 Å². The number of benzene rings is 1. The summed E-state index contributed by atoms with van der Waals surface area (Å²) >= 11 is 1.45. The molecule has 1 amide bonds. The summed E-state index contributed by atoms with van der Waals surface area (Å²) in [4.78, 5) is 17.2. The van der Waals surface area contributed by atoms with E-state index in [4.69, 9.17) is 4.74 Å². The number of carbonyl (C=O) groups is 1. The van der Waals surface area contributed by atoms with E-state index in [1.807, 2.05) is 36.7 Å². The van der Waals surface area contributed by atoms with Crippen LogP contribution in [-0.2, 0) is 14.1 Å². The van der Waals surface area contributed by atoms with Crippen molar-refractivity contribution in [2.24, 2.45) is 19.1 Å². The summed E-state index contributed by atoms with van der Waals surface area (Å²) in [5.41, 5.74) is 2.22. The van der Waals surface area contributed by atoms with Crippen molar-refractivity contribution in [3.05, 3.63) is 40.5 Å². The lowest BCUT2D eigenvalue weighted by Gasteiger charge is -1.99. The predicted molar refractivity (Wildman–Crippen MR) is 85.2 cm³/mol. The van der Waals surface area contributed by atoms with Crippen LogP contribution in [0.15, 0.2) is 29.4 Å². The van der Waals surface area contributed by atoms with Gasteiger partial charge in [-0.3, -0.25) is 9.48 Å². The van der Waals surface area contributed by atoms with Gasteiger partial charge < -0.3 is 9.30 Å². The van der Waals surface area contributed by atoms with E-state index in [1.165, 1.54) is 11.3 Å². The van der Waals surface area contributed by atoms with Gasteiger partial charge in [-0.2, -0.15) is 10.1 Å². The fourth-order valence-corrected chi connectivity index (χ4v) is 3.35. The smallest absolute Gasteiger partial charge is 0.300 e. The molecule has 0 saturated carbocycles. The molecule has 3 rings (SSSR count). The maximum atomic E-state index is 12.3. The zero-order valence-electron chi connectivity index (χ0n) is 12.8. The molecule has 6 nitrogen and oxygen atoms in total. The molecule has 0 spiro atoms. The molecule has 0 aliphatic rings. The van der Waals surface area contributed by atoms with E-state index in [9.17, 15) is 4.79 Å². The Morgan fingerprint density at radius 2 is 2.14 bits per heavy atom. The quantitative estimate of drug-likeness (QED) is 0.727. The first-order valence-corrected chi connectivity index (χ1v) is 7.54. The number of amides is 1. The van der Waals surface area contributed by atoms with Crippen molar-refractivity contribution in [1.82, 2.24) is 14.3 Å². The van der Waals surface area contributed by atoms with E-state index in [1.54, 1.807) is 25.0 Å². The van der Waals surface area contributed by atoms with Gasteiger partial charge in [0.05, 0.1) is 17.3 Å². The molecular weight excluding hydrogens is 300 g/mol. The Balaban J connectivity index is 2.11. The largest absolute Gasteiger partial charge is 0.497 e. The lowest BCUT2D eigenvalue weighted by molar-refractivity contribution is 0.0992. The minimum atomic E-state index is -0.327. The summed E-state index contributed by atoms with van der Waals surface area (Å²) in [6.45, 7) is 1.85. The van der Waals surface area contributed by atoms with Gasteiger partial charge >= 0.3 is 0 Å². The number of hydrogen-bond donors (Lipinski definition) is 0. The number of fused-ring (bicyclic) bond motifs is 1. The Morgan fingerprint density at radius 1 is 1.36 bits per heavy atom. The molecular formula is C15H16N4O2S. The standard InChI is InChI=1S/C15H16N4O2S/c1-9-8-18(2)17-13(9)14(20)16-15-19(3)11-6-5-10(21-4)7-12(11)22-15/h5-8H,1-4H3. The number of nitrogens with zero attached hydrogens (tertiary/aromatic N) is 4. The number of aromatic nitrogens is 3. The van der Waals surface area contributed by atoms with Gasteiger partial charge in [0.15, 0.2) is 10.5 Å². The van der Waals surface area contributed by atoms with Gasteiger partial charge in [0.25, 0.3) is 5.91 Å². The highest BCUT2D eigenvalue weighted by molar-refractivity contribution is 7.16. The average Bonchev–Trinajstić information content (AvgIpc) is 2.98. The van der Waals surface area contributed by atoms with Crippen molar-refractivity contribution >= 4 is 27.5 Å². The van der Waals surface area contributed by atoms with Crippen LogP contribution in [0.5, 0.6) is 5.75 Å². The van der Waals surface area contributed by atoms with Gasteiger partial charge in [-0.05, 0) is 25.1 Å². The first kappa shape index (κ1) is 14.5. The predicted octanol–water partition coefficient (Wildman–Crippen LogP) is 2.03. The second-order valence-electron chi connectivity index (χ2n) is 5.03. The van der Waals surface area contributed by atoms with Crippen LogP contribution in [0.1, 0.15) is 16.1 Å². The molecule has 0 unspecified atom stereocenters. The molecule has 0 saturated heterocycles. The van der Waals surface area contributed by atoms with Crippen molar-refractivity contribution < 1.29 is 9.53 Å². The number of aryl methyl sites for hydroxylation is 3. The lowest BCUT2D eigenvalue weighted by Crippen LogP contribution is -2.14. The van der Waals surface area contributed by atoms with Crippen molar-refractivity contribution in [2.45, 2.75) is 6.92 Å². The number of rotatable bonds is 2. The second kappa shape index (κ2) is 5.42. The summed E-state index contributed by atoms with van der Waals surface area (Å²) in [5.74, 6) is 0.458. The molecule has 0 aliphatic heterocycles. The molecule has 0 bridgehead atoms. The highest BCUT2D eigenvalue weighted by atomic mass is 32.1. The molecule has 114 valence electrons. The number of carbonyl (C=O) groups excluding carboxylic acids is 1. The Hall–Kier alpha value is -2.41. The molecule has 0 aliphatic carbocycles. The molecule has 0 radical (unpaired) electrons. The Bertz CT molecular complexity index is 933. The van der Waals surface area contributed by atoms with Gasteiger partial charge in [-0.1, -0.05) is 11.3 Å². The summed E-state index contributed by atoms with van der Waals surface area (Å²) in [6, 6.07) is 5.79. The van der Waals surface area contributed by atoms with Gasteiger partial charge in [0.1, 0.15) is 5.75 Å². The van der Waals surface area contributed by atoms with Gasteiger partial charge in [0, 0.05) is 25.9 Å². The van der Waals surface area contributed by atoms with E-state index in [0.717, 1.165) is 21.5 Å². The number of thiazole rings is 1.